The molecule has 234 valence electrons. The lowest BCUT2D eigenvalue weighted by Gasteiger charge is -2.55. The van der Waals surface area contributed by atoms with Gasteiger partial charge in [0.15, 0.2) is 34.7 Å². The molecule has 2 unspecified atom stereocenters. The Labute approximate surface area is 247 Å². The number of benzene rings is 1. The Morgan fingerprint density at radius 3 is 2.37 bits per heavy atom. The van der Waals surface area contributed by atoms with E-state index in [2.05, 4.69) is 10.6 Å². The maximum Gasteiger partial charge on any atom is 0.320 e. The zero-order valence-electron chi connectivity index (χ0n) is 24.2. The molecule has 8 N–H and O–H groups in total. The highest BCUT2D eigenvalue weighted by molar-refractivity contribution is 6.32. The van der Waals surface area contributed by atoms with Crippen LogP contribution in [0.25, 0.3) is 0 Å². The summed E-state index contributed by atoms with van der Waals surface area (Å²) in [5.41, 5.74) is 0.447. The molecule has 1 aromatic rings. The fraction of sp³-hybridized carbons (Fsp3) is 0.586. The number of aromatic hydroxyl groups is 1. The van der Waals surface area contributed by atoms with Crippen molar-refractivity contribution in [1.82, 2.24) is 15.5 Å². The highest BCUT2D eigenvalue weighted by atomic mass is 16.4. The fourth-order valence-electron chi connectivity index (χ4n) is 7.03. The Morgan fingerprint density at radius 1 is 1.09 bits per heavy atom. The number of carboxylic acids is 1. The molecule has 0 heterocycles. The number of fused-ring (bicyclic) bond motifs is 3. The van der Waals surface area contributed by atoms with Crippen LogP contribution in [0.5, 0.6) is 5.75 Å². The lowest BCUT2D eigenvalue weighted by atomic mass is 9.49. The zero-order valence-corrected chi connectivity index (χ0v) is 24.2. The summed E-state index contributed by atoms with van der Waals surface area (Å²) in [6.45, 7) is 1.32. The summed E-state index contributed by atoms with van der Waals surface area (Å²) in [6.07, 6.45) is 1.01. The monoisotopic (exact) mass is 602 g/mol. The first-order chi connectivity index (χ1) is 20.1. The predicted octanol–water partition coefficient (Wildman–Crippen LogP) is -1.71. The molecule has 0 spiro atoms. The normalized spacial score (nSPS) is 32.6. The van der Waals surface area contributed by atoms with Gasteiger partial charge < -0.3 is 31.5 Å². The van der Waals surface area contributed by atoms with Gasteiger partial charge in [-0.1, -0.05) is 18.6 Å². The number of nitrogens with zero attached hydrogens (tertiary/aromatic N) is 1. The number of amides is 1. The van der Waals surface area contributed by atoms with Gasteiger partial charge in [-0.2, -0.15) is 0 Å². The molecular formula is C29H38N4O10. The van der Waals surface area contributed by atoms with Crippen LogP contribution < -0.4 is 16.4 Å². The summed E-state index contributed by atoms with van der Waals surface area (Å²) in [7, 11) is 2.95. The second-order valence-electron chi connectivity index (χ2n) is 12.0. The van der Waals surface area contributed by atoms with Crippen LogP contribution in [0.1, 0.15) is 48.5 Å². The number of phenols is 1. The molecule has 0 radical (unpaired) electrons. The second-order valence-corrected chi connectivity index (χ2v) is 12.0. The third-order valence-electron chi connectivity index (χ3n) is 9.21. The van der Waals surface area contributed by atoms with Crippen molar-refractivity contribution >= 4 is 35.0 Å². The van der Waals surface area contributed by atoms with Gasteiger partial charge in [0.2, 0.25) is 5.91 Å². The van der Waals surface area contributed by atoms with Crippen LogP contribution in [0.2, 0.25) is 0 Å². The topological polar surface area (TPSA) is 237 Å². The Kier molecular flexibility index (Phi) is 8.91. The summed E-state index contributed by atoms with van der Waals surface area (Å²) >= 11 is 0. The summed E-state index contributed by atoms with van der Waals surface area (Å²) < 4.78 is 0. The number of likely N-dealkylation sites (N-methyl/N-ethyl adjacent to an activating group) is 1. The summed E-state index contributed by atoms with van der Waals surface area (Å²) in [5, 5.41) is 48.3. The lowest BCUT2D eigenvalue weighted by Crippen LogP contribution is -2.75. The third-order valence-corrected chi connectivity index (χ3v) is 9.21. The SMILES string of the molecule is CN(C)[C@H]1C(=O)C(C(=O)NCN[C@@H](CCCCN)C(=O)O)C(=O)[C@]2(O)C(=O)C3C(=O)c4c(O)cccc4[C@@](C)(O)[C@H]3C[C@@H]12. The molecule has 3 aliphatic rings. The Balaban J connectivity index is 1.66. The van der Waals surface area contributed by atoms with Gasteiger partial charge >= 0.3 is 5.97 Å². The molecule has 14 heteroatoms. The van der Waals surface area contributed by atoms with Crippen LogP contribution >= 0.6 is 0 Å². The molecule has 14 nitrogen and oxygen atoms in total. The molecule has 43 heavy (non-hydrogen) atoms. The van der Waals surface area contributed by atoms with E-state index < -0.39 is 94.4 Å². The van der Waals surface area contributed by atoms with Gasteiger partial charge in [-0.15, -0.1) is 0 Å². The minimum absolute atomic E-state index is 0.0827. The van der Waals surface area contributed by atoms with E-state index in [1.807, 2.05) is 0 Å². The first-order valence-electron chi connectivity index (χ1n) is 14.2. The molecule has 0 aliphatic heterocycles. The lowest BCUT2D eigenvalue weighted by molar-refractivity contribution is -0.188. The van der Waals surface area contributed by atoms with E-state index in [0.29, 0.717) is 19.4 Å². The van der Waals surface area contributed by atoms with Gasteiger partial charge in [0.25, 0.3) is 0 Å². The Morgan fingerprint density at radius 2 is 1.77 bits per heavy atom. The number of nitrogens with one attached hydrogen (secondary N) is 2. The van der Waals surface area contributed by atoms with Crippen molar-refractivity contribution in [3.63, 3.8) is 0 Å². The van der Waals surface area contributed by atoms with E-state index in [4.69, 9.17) is 5.73 Å². The highest BCUT2D eigenvalue weighted by Crippen LogP contribution is 2.55. The van der Waals surface area contributed by atoms with E-state index in [1.165, 1.54) is 44.1 Å². The molecule has 4 rings (SSSR count). The molecule has 0 bridgehead atoms. The van der Waals surface area contributed by atoms with E-state index in [9.17, 15) is 49.2 Å². The van der Waals surface area contributed by atoms with Crippen molar-refractivity contribution < 1.29 is 49.2 Å². The van der Waals surface area contributed by atoms with Crippen molar-refractivity contribution in [1.29, 1.82) is 0 Å². The molecule has 0 saturated heterocycles. The third kappa shape index (κ3) is 5.16. The fourth-order valence-corrected chi connectivity index (χ4v) is 7.03. The minimum Gasteiger partial charge on any atom is -0.507 e. The van der Waals surface area contributed by atoms with Crippen LogP contribution in [-0.2, 0) is 29.6 Å². The molecule has 8 atom stereocenters. The Hall–Kier alpha value is -3.56. The van der Waals surface area contributed by atoms with Gasteiger partial charge in [0.05, 0.1) is 29.8 Å². The first-order valence-corrected chi connectivity index (χ1v) is 14.2. The number of nitrogens with two attached hydrogens (primary N) is 1. The van der Waals surface area contributed by atoms with Crippen molar-refractivity contribution in [2.45, 2.75) is 55.9 Å². The van der Waals surface area contributed by atoms with Crippen LogP contribution in [0.15, 0.2) is 18.2 Å². The number of hydrogen-bond donors (Lipinski definition) is 7. The first kappa shape index (κ1) is 32.4. The maximum atomic E-state index is 14.1. The Bertz CT molecular complexity index is 1360. The standard InChI is InChI=1S/C29H38N4O10/c1-28(42)13-7-6-9-17(34)18(13)22(35)19-14(28)11-15-21(33(2)3)23(36)20(25(38)29(15,43)24(19)37)26(39)32-12-31-16(27(40)41)8-4-5-10-30/h6-7,9,14-16,19-21,31,34,42-43H,4-5,8,10-12,30H2,1-3H3,(H,32,39)(H,40,41)/t14-,15-,16-,19?,20?,21+,28+,29+/m0/s1. The van der Waals surface area contributed by atoms with Gasteiger partial charge in [-0.3, -0.25) is 39.0 Å². The summed E-state index contributed by atoms with van der Waals surface area (Å²) in [6, 6.07) is 1.72. The van der Waals surface area contributed by atoms with Gasteiger partial charge in [-0.05, 0) is 58.5 Å². The molecule has 2 saturated carbocycles. The number of hydrogen-bond acceptors (Lipinski definition) is 12. The molecular weight excluding hydrogens is 564 g/mol. The van der Waals surface area contributed by atoms with E-state index in [0.717, 1.165) is 0 Å². The summed E-state index contributed by atoms with van der Waals surface area (Å²) in [5.74, 6) is -13.6. The number of carboxylic acid groups (broad SMARTS) is 1. The highest BCUT2D eigenvalue weighted by Gasteiger charge is 2.71. The van der Waals surface area contributed by atoms with Crippen LogP contribution in [0.4, 0.5) is 0 Å². The largest absolute Gasteiger partial charge is 0.507 e. The average molecular weight is 603 g/mol. The number of rotatable bonds is 10. The predicted molar refractivity (Wildman–Crippen MR) is 149 cm³/mol. The minimum atomic E-state index is -2.93. The van der Waals surface area contributed by atoms with E-state index in [1.54, 1.807) is 0 Å². The molecule has 0 aromatic heterocycles. The van der Waals surface area contributed by atoms with Crippen molar-refractivity contribution in [2.75, 3.05) is 27.3 Å². The van der Waals surface area contributed by atoms with Crippen molar-refractivity contribution in [2.24, 2.45) is 29.4 Å². The summed E-state index contributed by atoms with van der Waals surface area (Å²) in [4.78, 5) is 81.4. The van der Waals surface area contributed by atoms with Crippen LogP contribution in [0, 0.1) is 23.7 Å². The van der Waals surface area contributed by atoms with Gasteiger partial charge in [0, 0.05) is 11.8 Å². The second kappa shape index (κ2) is 11.8. The number of carbonyl (C=O) groups excluding carboxylic acids is 5. The zero-order chi connectivity index (χ0) is 32.0. The van der Waals surface area contributed by atoms with E-state index >= 15 is 0 Å². The maximum absolute atomic E-state index is 14.1. The average Bonchev–Trinajstić information content (AvgIpc) is 2.92. The number of phenolic OH excluding ortho intramolecular Hbond substituents is 1. The van der Waals surface area contributed by atoms with E-state index in [-0.39, 0.29) is 24.0 Å². The van der Waals surface area contributed by atoms with Crippen molar-refractivity contribution in [3.05, 3.63) is 29.3 Å². The number of aliphatic hydroxyl groups is 2. The molecule has 1 amide bonds. The number of aliphatic carboxylic acids is 1. The van der Waals surface area contributed by atoms with Gasteiger partial charge in [-0.25, -0.2) is 0 Å². The molecule has 1 aromatic carbocycles. The smallest absolute Gasteiger partial charge is 0.320 e. The van der Waals surface area contributed by atoms with Gasteiger partial charge in [0.1, 0.15) is 11.8 Å². The van der Waals surface area contributed by atoms with Crippen LogP contribution in [0.3, 0.4) is 0 Å². The number of ketones is 4. The van der Waals surface area contributed by atoms with Crippen LogP contribution in [-0.4, -0.2) is 105 Å². The quantitative estimate of drug-likeness (QED) is 0.0899. The number of Topliss-reactive ketones (excluding diaryl/α,β-unsaturated/α-hetero) is 4. The number of unbranched alkanes of at least 4 members (excludes halogenated alkanes) is 1. The number of carbonyl (C=O) groups is 6. The molecule has 2 fully saturated rings. The molecule has 3 aliphatic carbocycles. The van der Waals surface area contributed by atoms with Crippen molar-refractivity contribution in [3.8, 4) is 5.75 Å².